The van der Waals surface area contributed by atoms with Crippen LogP contribution in [0, 0.1) is 6.92 Å². The van der Waals surface area contributed by atoms with Gasteiger partial charge in [0.05, 0.1) is 24.3 Å². The number of hydrogen-bond donors (Lipinski definition) is 0. The maximum Gasteiger partial charge on any atom is 0.513 e. The van der Waals surface area contributed by atoms with Crippen LogP contribution in [0.2, 0.25) is 0 Å². The van der Waals surface area contributed by atoms with Crippen molar-refractivity contribution >= 4 is 36.2 Å². The van der Waals surface area contributed by atoms with Crippen molar-refractivity contribution in [1.29, 1.82) is 0 Å². The van der Waals surface area contributed by atoms with Crippen LogP contribution in [0.4, 0.5) is 9.59 Å². The predicted octanol–water partition coefficient (Wildman–Crippen LogP) is 5.70. The largest absolute Gasteiger partial charge is 0.513 e. The summed E-state index contributed by atoms with van der Waals surface area (Å²) in [6.45, 7) is 8.05. The Kier molecular flexibility index (Phi) is 14.6. The standard InChI is InChI=1S/C35H32O14/c1-4-30(36)42-18-6-7-19-44-34(40)47-26-12-8-24(9-13-26)32(38)46-28-16-17-29(23(3)22-28)49-33(39)25-10-14-27(15-11-25)48-35(41)45-21-20-43-31(37)5-2/h4-5,8-17,22H,1-2,6-7,18-21H2,3H3. The van der Waals surface area contributed by atoms with Gasteiger partial charge in [-0.25, -0.2) is 28.8 Å². The van der Waals surface area contributed by atoms with E-state index in [-0.39, 0.29) is 60.6 Å². The maximum atomic E-state index is 12.7. The van der Waals surface area contributed by atoms with Gasteiger partial charge in [0.25, 0.3) is 0 Å². The highest BCUT2D eigenvalue weighted by molar-refractivity contribution is 5.92. The molecular formula is C35H32O14. The topological polar surface area (TPSA) is 176 Å². The van der Waals surface area contributed by atoms with Crippen LogP contribution < -0.4 is 18.9 Å². The molecule has 0 heterocycles. The number of carbonyl (C=O) groups is 6. The molecule has 14 heteroatoms. The first-order valence-electron chi connectivity index (χ1n) is 14.6. The fraction of sp³-hybridized carbons (Fsp3) is 0.200. The van der Waals surface area contributed by atoms with Crippen LogP contribution >= 0.6 is 0 Å². The van der Waals surface area contributed by atoms with E-state index in [9.17, 15) is 28.8 Å². The van der Waals surface area contributed by atoms with Crippen molar-refractivity contribution < 1.29 is 66.7 Å². The van der Waals surface area contributed by atoms with Gasteiger partial charge in [-0.3, -0.25) is 0 Å². The molecule has 0 N–H and O–H groups in total. The van der Waals surface area contributed by atoms with Crippen molar-refractivity contribution in [1.82, 2.24) is 0 Å². The number of rotatable bonds is 16. The Balaban J connectivity index is 1.43. The molecule has 0 aliphatic heterocycles. The second-order valence-corrected chi connectivity index (χ2v) is 9.61. The number of aryl methyl sites for hydroxylation is 1. The molecule has 0 unspecified atom stereocenters. The molecule has 0 saturated carbocycles. The average Bonchev–Trinajstić information content (AvgIpc) is 3.09. The second kappa shape index (κ2) is 19.3. The van der Waals surface area contributed by atoms with Gasteiger partial charge in [-0.1, -0.05) is 13.2 Å². The molecule has 3 aromatic rings. The molecule has 0 spiro atoms. The molecule has 0 aliphatic carbocycles. The first kappa shape index (κ1) is 37.0. The summed E-state index contributed by atoms with van der Waals surface area (Å²) in [5.74, 6) is -1.89. The summed E-state index contributed by atoms with van der Waals surface area (Å²) in [6.07, 6.45) is 1.03. The molecular weight excluding hydrogens is 644 g/mol. The van der Waals surface area contributed by atoms with Crippen molar-refractivity contribution in [2.45, 2.75) is 19.8 Å². The monoisotopic (exact) mass is 676 g/mol. The SMILES string of the molecule is C=CC(=O)OCCCCOC(=O)Oc1ccc(C(=O)Oc2ccc(OC(=O)c3ccc(OC(=O)OCCOC(=O)C=C)cc3)c(C)c2)cc1. The van der Waals surface area contributed by atoms with Crippen LogP contribution in [0.5, 0.6) is 23.0 Å². The zero-order valence-corrected chi connectivity index (χ0v) is 26.4. The summed E-state index contributed by atoms with van der Waals surface area (Å²) in [7, 11) is 0. The lowest BCUT2D eigenvalue weighted by atomic mass is 10.2. The van der Waals surface area contributed by atoms with Crippen LogP contribution in [-0.2, 0) is 28.5 Å². The quantitative estimate of drug-likeness (QED) is 0.0451. The van der Waals surface area contributed by atoms with Gasteiger partial charge >= 0.3 is 36.2 Å². The summed E-state index contributed by atoms with van der Waals surface area (Å²) in [5.41, 5.74) is 0.842. The van der Waals surface area contributed by atoms with E-state index in [0.717, 1.165) is 12.2 Å². The fourth-order valence-corrected chi connectivity index (χ4v) is 3.61. The minimum absolute atomic E-state index is 0.0649. The second-order valence-electron chi connectivity index (χ2n) is 9.61. The average molecular weight is 677 g/mol. The van der Waals surface area contributed by atoms with Gasteiger partial charge in [-0.2, -0.15) is 0 Å². The van der Waals surface area contributed by atoms with E-state index in [1.165, 1.54) is 66.7 Å². The zero-order chi connectivity index (χ0) is 35.6. The molecule has 0 atom stereocenters. The van der Waals surface area contributed by atoms with Gasteiger partial charge in [0.1, 0.15) is 36.2 Å². The molecule has 0 saturated heterocycles. The van der Waals surface area contributed by atoms with Crippen LogP contribution in [-0.4, -0.2) is 62.6 Å². The molecule has 0 bridgehead atoms. The predicted molar refractivity (Wildman–Crippen MR) is 169 cm³/mol. The lowest BCUT2D eigenvalue weighted by Crippen LogP contribution is -2.16. The zero-order valence-electron chi connectivity index (χ0n) is 26.4. The number of benzene rings is 3. The maximum absolute atomic E-state index is 12.7. The number of esters is 4. The Morgan fingerprint density at radius 2 is 0.959 bits per heavy atom. The first-order chi connectivity index (χ1) is 23.6. The van der Waals surface area contributed by atoms with E-state index < -0.39 is 36.2 Å². The summed E-state index contributed by atoms with van der Waals surface area (Å²) in [5, 5.41) is 0. The third kappa shape index (κ3) is 13.1. The van der Waals surface area contributed by atoms with Crippen molar-refractivity contribution in [2.24, 2.45) is 0 Å². The lowest BCUT2D eigenvalue weighted by molar-refractivity contribution is -0.139. The van der Waals surface area contributed by atoms with Crippen LogP contribution in [0.25, 0.3) is 0 Å². The van der Waals surface area contributed by atoms with Crippen LogP contribution in [0.15, 0.2) is 92.0 Å². The van der Waals surface area contributed by atoms with Gasteiger partial charge in [0, 0.05) is 12.2 Å². The van der Waals surface area contributed by atoms with Crippen LogP contribution in [0.1, 0.15) is 39.1 Å². The number of hydrogen-bond acceptors (Lipinski definition) is 14. The number of unbranched alkanes of at least 4 members (excludes halogenated alkanes) is 1. The Morgan fingerprint density at radius 3 is 1.47 bits per heavy atom. The Bertz CT molecular complexity index is 1660. The molecule has 0 aliphatic rings. The van der Waals surface area contributed by atoms with Crippen molar-refractivity contribution in [3.8, 4) is 23.0 Å². The number of carbonyl (C=O) groups excluding carboxylic acids is 6. The highest BCUT2D eigenvalue weighted by Gasteiger charge is 2.15. The van der Waals surface area contributed by atoms with E-state index in [1.54, 1.807) is 6.92 Å². The van der Waals surface area contributed by atoms with Gasteiger partial charge in [0.15, 0.2) is 0 Å². The summed E-state index contributed by atoms with van der Waals surface area (Å²) in [6, 6.07) is 15.5. The van der Waals surface area contributed by atoms with Crippen molar-refractivity contribution in [3.63, 3.8) is 0 Å². The lowest BCUT2D eigenvalue weighted by Gasteiger charge is -2.11. The van der Waals surface area contributed by atoms with Gasteiger partial charge in [0.2, 0.25) is 0 Å². The number of ether oxygens (including phenoxy) is 8. The minimum atomic E-state index is -1.03. The normalized spacial score (nSPS) is 10.1. The molecule has 0 amide bonds. The molecule has 14 nitrogen and oxygen atoms in total. The molecule has 0 aromatic heterocycles. The molecule has 3 aromatic carbocycles. The fourth-order valence-electron chi connectivity index (χ4n) is 3.61. The molecule has 0 radical (unpaired) electrons. The summed E-state index contributed by atoms with van der Waals surface area (Å²) < 4.78 is 40.2. The van der Waals surface area contributed by atoms with E-state index in [2.05, 4.69) is 17.9 Å². The van der Waals surface area contributed by atoms with E-state index in [0.29, 0.717) is 18.4 Å². The Morgan fingerprint density at radius 1 is 0.531 bits per heavy atom. The summed E-state index contributed by atoms with van der Waals surface area (Å²) in [4.78, 5) is 70.9. The van der Waals surface area contributed by atoms with Gasteiger partial charge < -0.3 is 37.9 Å². The smallest absolute Gasteiger partial charge is 0.463 e. The third-order valence-corrected chi connectivity index (χ3v) is 6.03. The van der Waals surface area contributed by atoms with Crippen molar-refractivity contribution in [2.75, 3.05) is 26.4 Å². The van der Waals surface area contributed by atoms with Gasteiger partial charge in [-0.05, 0) is 92.1 Å². The molecule has 0 fully saturated rings. The van der Waals surface area contributed by atoms with E-state index in [1.807, 2.05) is 0 Å². The highest BCUT2D eigenvalue weighted by atomic mass is 16.7. The molecule has 49 heavy (non-hydrogen) atoms. The minimum Gasteiger partial charge on any atom is -0.463 e. The molecule has 256 valence electrons. The van der Waals surface area contributed by atoms with E-state index >= 15 is 0 Å². The van der Waals surface area contributed by atoms with E-state index in [4.69, 9.17) is 33.2 Å². The van der Waals surface area contributed by atoms with Crippen LogP contribution in [0.3, 0.4) is 0 Å². The van der Waals surface area contributed by atoms with Crippen molar-refractivity contribution in [3.05, 3.63) is 109 Å². The van der Waals surface area contributed by atoms with Gasteiger partial charge in [-0.15, -0.1) is 0 Å². The summed E-state index contributed by atoms with van der Waals surface area (Å²) >= 11 is 0. The first-order valence-corrected chi connectivity index (χ1v) is 14.6. The molecule has 3 rings (SSSR count). The Labute approximate surface area is 280 Å². The Hall–Kier alpha value is -6.44. The highest BCUT2D eigenvalue weighted by Crippen LogP contribution is 2.26. The third-order valence-electron chi connectivity index (χ3n) is 6.03.